The number of carbonyl (C=O) groups is 1. The van der Waals surface area contributed by atoms with Crippen molar-refractivity contribution >= 4 is 22.2 Å². The topological polar surface area (TPSA) is 30.0 Å². The maximum atomic E-state index is 12.3. The van der Waals surface area contributed by atoms with Gasteiger partial charge in [-0.15, -0.1) is 0 Å². The highest BCUT2D eigenvalue weighted by Gasteiger charge is 2.14. The van der Waals surface area contributed by atoms with Crippen molar-refractivity contribution in [2.24, 2.45) is 0 Å². The van der Waals surface area contributed by atoms with Crippen LogP contribution in [0.1, 0.15) is 28.0 Å². The summed E-state index contributed by atoms with van der Waals surface area (Å²) < 4.78 is 24.6. The van der Waals surface area contributed by atoms with Gasteiger partial charge in [-0.1, -0.05) is 15.9 Å². The lowest BCUT2D eigenvalue weighted by Gasteiger charge is -2.04. The van der Waals surface area contributed by atoms with Crippen molar-refractivity contribution in [3.63, 3.8) is 0 Å². The van der Waals surface area contributed by atoms with Crippen LogP contribution in [0, 0.1) is 0 Å². The van der Waals surface area contributed by atoms with Gasteiger partial charge in [-0.2, -0.15) is 0 Å². The van der Waals surface area contributed by atoms with Crippen LogP contribution in [0.5, 0.6) is 0 Å². The quantitative estimate of drug-likeness (QED) is 0.609. The number of halogens is 3. The summed E-state index contributed by atoms with van der Waals surface area (Å²) in [6, 6.07) is 1.40. The first-order valence-electron chi connectivity index (χ1n) is 3.47. The van der Waals surface area contributed by atoms with E-state index >= 15 is 0 Å². The van der Waals surface area contributed by atoms with E-state index in [0.717, 1.165) is 6.20 Å². The zero-order valence-electron chi connectivity index (χ0n) is 6.51. The summed E-state index contributed by atoms with van der Waals surface area (Å²) in [4.78, 5) is 13.8. The van der Waals surface area contributed by atoms with Crippen LogP contribution in [0.2, 0.25) is 0 Å². The van der Waals surface area contributed by atoms with Gasteiger partial charge in [-0.25, -0.2) is 8.78 Å². The summed E-state index contributed by atoms with van der Waals surface area (Å²) in [5.41, 5.74) is 0.376. The predicted molar refractivity (Wildman–Crippen MR) is 47.2 cm³/mol. The Balaban J connectivity index is 3.15. The van der Waals surface area contributed by atoms with Gasteiger partial charge in [0.25, 0.3) is 6.43 Å². The Kier molecular flexibility index (Phi) is 3.48. The van der Waals surface area contributed by atoms with E-state index in [1.807, 2.05) is 0 Å². The normalized spacial score (nSPS) is 10.5. The van der Waals surface area contributed by atoms with Gasteiger partial charge in [0.15, 0.2) is 6.29 Å². The molecule has 0 fully saturated rings. The lowest BCUT2D eigenvalue weighted by molar-refractivity contribution is 0.112. The summed E-state index contributed by atoms with van der Waals surface area (Å²) in [6.07, 6.45) is -0.886. The summed E-state index contributed by atoms with van der Waals surface area (Å²) in [5, 5.41) is 0.265. The summed E-state index contributed by atoms with van der Waals surface area (Å²) in [5.74, 6) is 0. The fraction of sp³-hybridized carbons (Fsp3) is 0.250. The van der Waals surface area contributed by atoms with Crippen molar-refractivity contribution in [2.45, 2.75) is 11.8 Å². The van der Waals surface area contributed by atoms with Crippen LogP contribution in [0.25, 0.3) is 0 Å². The Labute approximate surface area is 82.1 Å². The monoisotopic (exact) mass is 249 g/mol. The third-order valence-electron chi connectivity index (χ3n) is 1.51. The zero-order chi connectivity index (χ0) is 9.84. The summed E-state index contributed by atoms with van der Waals surface area (Å²) >= 11 is 3.05. The lowest BCUT2D eigenvalue weighted by Crippen LogP contribution is -1.98. The standard InChI is InChI=1S/C8H6BrF2NO/c9-2-6-1-5(4-13)3-12-7(6)8(10)11/h1,3-4,8H,2H2. The largest absolute Gasteiger partial charge is 0.298 e. The van der Waals surface area contributed by atoms with E-state index in [1.165, 1.54) is 6.07 Å². The predicted octanol–water partition coefficient (Wildman–Crippen LogP) is 2.73. The molecule has 1 rings (SSSR count). The minimum Gasteiger partial charge on any atom is -0.298 e. The molecule has 13 heavy (non-hydrogen) atoms. The molecule has 0 radical (unpaired) electrons. The van der Waals surface area contributed by atoms with Crippen molar-refractivity contribution in [3.05, 3.63) is 29.1 Å². The smallest absolute Gasteiger partial charge is 0.280 e. The van der Waals surface area contributed by atoms with Crippen LogP contribution in [-0.2, 0) is 5.33 Å². The molecule has 0 aromatic carbocycles. The van der Waals surface area contributed by atoms with Crippen molar-refractivity contribution in [2.75, 3.05) is 0 Å². The van der Waals surface area contributed by atoms with E-state index in [0.29, 0.717) is 17.4 Å². The Bertz CT molecular complexity index is 317. The number of aldehydes is 1. The van der Waals surface area contributed by atoms with Crippen LogP contribution >= 0.6 is 15.9 Å². The molecule has 0 unspecified atom stereocenters. The molecule has 0 aliphatic carbocycles. The number of hydrogen-bond donors (Lipinski definition) is 0. The number of pyridine rings is 1. The first kappa shape index (κ1) is 10.2. The molecule has 0 spiro atoms. The van der Waals surface area contributed by atoms with E-state index < -0.39 is 6.43 Å². The Morgan fingerprint density at radius 2 is 2.31 bits per heavy atom. The fourth-order valence-electron chi connectivity index (χ4n) is 0.907. The molecular formula is C8H6BrF2NO. The molecule has 0 saturated heterocycles. The Morgan fingerprint density at radius 1 is 1.62 bits per heavy atom. The van der Waals surface area contributed by atoms with E-state index in [4.69, 9.17) is 0 Å². The number of rotatable bonds is 3. The molecule has 0 amide bonds. The van der Waals surface area contributed by atoms with Gasteiger partial charge in [-0.05, 0) is 11.6 Å². The van der Waals surface area contributed by atoms with Crippen LogP contribution in [0.15, 0.2) is 12.3 Å². The SMILES string of the molecule is O=Cc1cnc(C(F)F)c(CBr)c1. The molecule has 0 atom stereocenters. The van der Waals surface area contributed by atoms with Gasteiger partial charge >= 0.3 is 0 Å². The first-order chi connectivity index (χ1) is 6.19. The van der Waals surface area contributed by atoms with Crippen LogP contribution < -0.4 is 0 Å². The second kappa shape index (κ2) is 4.41. The number of nitrogens with zero attached hydrogens (tertiary/aromatic N) is 1. The highest BCUT2D eigenvalue weighted by molar-refractivity contribution is 9.08. The van der Waals surface area contributed by atoms with E-state index in [2.05, 4.69) is 20.9 Å². The average Bonchev–Trinajstić information content (AvgIpc) is 2.16. The number of carbonyl (C=O) groups excluding carboxylic acids is 1. The van der Waals surface area contributed by atoms with Gasteiger partial charge in [0.2, 0.25) is 0 Å². The summed E-state index contributed by atoms with van der Waals surface area (Å²) in [6.45, 7) is 0. The van der Waals surface area contributed by atoms with E-state index in [1.54, 1.807) is 0 Å². The third kappa shape index (κ3) is 2.30. The van der Waals surface area contributed by atoms with Crippen LogP contribution in [0.4, 0.5) is 8.78 Å². The molecule has 1 aromatic rings. The van der Waals surface area contributed by atoms with Crippen molar-refractivity contribution in [1.82, 2.24) is 4.98 Å². The first-order valence-corrected chi connectivity index (χ1v) is 4.59. The number of alkyl halides is 3. The molecule has 0 bridgehead atoms. The number of hydrogen-bond acceptors (Lipinski definition) is 2. The Hall–Kier alpha value is -0.840. The number of aromatic nitrogens is 1. The van der Waals surface area contributed by atoms with Crippen molar-refractivity contribution < 1.29 is 13.6 Å². The minimum absolute atomic E-state index is 0.265. The molecule has 1 aromatic heterocycles. The van der Waals surface area contributed by atoms with Gasteiger partial charge in [0, 0.05) is 17.1 Å². The van der Waals surface area contributed by atoms with Gasteiger partial charge in [0.05, 0.1) is 0 Å². The molecular weight excluding hydrogens is 244 g/mol. The minimum atomic E-state index is -2.60. The second-order valence-corrected chi connectivity index (χ2v) is 2.93. The molecule has 1 heterocycles. The van der Waals surface area contributed by atoms with Crippen molar-refractivity contribution in [3.8, 4) is 0 Å². The molecule has 0 saturated carbocycles. The highest BCUT2D eigenvalue weighted by Crippen LogP contribution is 2.22. The maximum Gasteiger partial charge on any atom is 0.280 e. The molecule has 70 valence electrons. The van der Waals surface area contributed by atoms with Gasteiger partial charge < -0.3 is 0 Å². The third-order valence-corrected chi connectivity index (χ3v) is 2.11. The maximum absolute atomic E-state index is 12.3. The summed E-state index contributed by atoms with van der Waals surface area (Å²) in [7, 11) is 0. The van der Waals surface area contributed by atoms with E-state index in [9.17, 15) is 13.6 Å². The molecule has 0 aliphatic rings. The molecule has 5 heteroatoms. The fourth-order valence-corrected chi connectivity index (χ4v) is 1.36. The lowest BCUT2D eigenvalue weighted by atomic mass is 10.2. The van der Waals surface area contributed by atoms with Crippen LogP contribution in [-0.4, -0.2) is 11.3 Å². The van der Waals surface area contributed by atoms with Crippen LogP contribution in [0.3, 0.4) is 0 Å². The molecule has 0 N–H and O–H groups in total. The zero-order valence-corrected chi connectivity index (χ0v) is 8.09. The average molecular weight is 250 g/mol. The molecule has 2 nitrogen and oxygen atoms in total. The second-order valence-electron chi connectivity index (χ2n) is 2.37. The van der Waals surface area contributed by atoms with Gasteiger partial charge in [-0.3, -0.25) is 9.78 Å². The van der Waals surface area contributed by atoms with Crippen molar-refractivity contribution in [1.29, 1.82) is 0 Å². The van der Waals surface area contributed by atoms with E-state index in [-0.39, 0.29) is 11.0 Å². The molecule has 0 aliphatic heterocycles. The highest BCUT2D eigenvalue weighted by atomic mass is 79.9. The van der Waals surface area contributed by atoms with Gasteiger partial charge in [0.1, 0.15) is 5.69 Å². The Morgan fingerprint density at radius 3 is 2.77 bits per heavy atom.